The van der Waals surface area contributed by atoms with Gasteiger partial charge >= 0.3 is 5.97 Å². The predicted molar refractivity (Wildman–Crippen MR) is 75.7 cm³/mol. The Morgan fingerprint density at radius 1 is 1.40 bits per heavy atom. The van der Waals surface area contributed by atoms with Gasteiger partial charge in [-0.25, -0.2) is 4.79 Å². The lowest BCUT2D eigenvalue weighted by molar-refractivity contribution is -0.144. The minimum absolute atomic E-state index is 0.273. The SMILES string of the molecule is COC(=O)C1COCCN1c1ccnc2ccccc12. The van der Waals surface area contributed by atoms with E-state index in [0.29, 0.717) is 19.8 Å². The second kappa shape index (κ2) is 5.46. The molecule has 5 nitrogen and oxygen atoms in total. The van der Waals surface area contributed by atoms with Gasteiger partial charge in [-0.05, 0) is 12.1 Å². The first-order valence-corrected chi connectivity index (χ1v) is 6.57. The van der Waals surface area contributed by atoms with Gasteiger partial charge in [0.05, 0.1) is 25.8 Å². The number of pyridine rings is 1. The largest absolute Gasteiger partial charge is 0.467 e. The number of rotatable bonds is 2. The summed E-state index contributed by atoms with van der Waals surface area (Å²) in [6.45, 7) is 1.61. The molecule has 0 aliphatic carbocycles. The third kappa shape index (κ3) is 2.20. The molecule has 1 unspecified atom stereocenters. The van der Waals surface area contributed by atoms with Gasteiger partial charge < -0.3 is 14.4 Å². The number of anilines is 1. The maximum atomic E-state index is 11.9. The number of methoxy groups -OCH3 is 1. The van der Waals surface area contributed by atoms with Crippen molar-refractivity contribution in [3.05, 3.63) is 36.5 Å². The molecule has 104 valence electrons. The molecule has 1 saturated heterocycles. The standard InChI is InChI=1S/C15H16N2O3/c1-19-15(18)14-10-20-9-8-17(14)13-6-7-16-12-5-3-2-4-11(12)13/h2-7,14H,8-10H2,1H3. The second-order valence-corrected chi connectivity index (χ2v) is 4.65. The number of ether oxygens (including phenoxy) is 2. The van der Waals surface area contributed by atoms with E-state index in [1.807, 2.05) is 35.2 Å². The number of fused-ring (bicyclic) bond motifs is 1. The van der Waals surface area contributed by atoms with E-state index in [1.54, 1.807) is 6.20 Å². The first kappa shape index (κ1) is 12.9. The van der Waals surface area contributed by atoms with Crippen LogP contribution in [0.3, 0.4) is 0 Å². The first-order chi connectivity index (χ1) is 9.81. The van der Waals surface area contributed by atoms with Crippen LogP contribution in [-0.2, 0) is 14.3 Å². The van der Waals surface area contributed by atoms with Gasteiger partial charge in [-0.2, -0.15) is 0 Å². The maximum absolute atomic E-state index is 11.9. The van der Waals surface area contributed by atoms with E-state index in [0.717, 1.165) is 16.6 Å². The van der Waals surface area contributed by atoms with Gasteiger partial charge in [0.2, 0.25) is 0 Å². The number of benzene rings is 1. The number of carbonyl (C=O) groups excluding carboxylic acids is 1. The molecule has 3 rings (SSSR count). The van der Waals surface area contributed by atoms with Crippen molar-refractivity contribution in [3.8, 4) is 0 Å². The van der Waals surface area contributed by atoms with Crippen LogP contribution < -0.4 is 4.90 Å². The van der Waals surface area contributed by atoms with Crippen molar-refractivity contribution in [2.24, 2.45) is 0 Å². The Kier molecular flexibility index (Phi) is 3.52. The Hall–Kier alpha value is -2.14. The Morgan fingerprint density at radius 2 is 2.25 bits per heavy atom. The molecule has 1 aliphatic rings. The highest BCUT2D eigenvalue weighted by molar-refractivity contribution is 5.93. The molecule has 1 aliphatic heterocycles. The summed E-state index contributed by atoms with van der Waals surface area (Å²) < 4.78 is 10.3. The summed E-state index contributed by atoms with van der Waals surface area (Å²) in [6, 6.07) is 9.44. The average molecular weight is 272 g/mol. The summed E-state index contributed by atoms with van der Waals surface area (Å²) in [7, 11) is 1.40. The lowest BCUT2D eigenvalue weighted by Gasteiger charge is -2.35. The van der Waals surface area contributed by atoms with Crippen molar-refractivity contribution in [2.45, 2.75) is 6.04 Å². The summed E-state index contributed by atoms with van der Waals surface area (Å²) in [6.07, 6.45) is 1.77. The fourth-order valence-electron chi connectivity index (χ4n) is 2.55. The molecular weight excluding hydrogens is 256 g/mol. The highest BCUT2D eigenvalue weighted by Gasteiger charge is 2.31. The van der Waals surface area contributed by atoms with Gasteiger partial charge in [-0.3, -0.25) is 4.98 Å². The molecule has 2 aromatic rings. The quantitative estimate of drug-likeness (QED) is 0.777. The topological polar surface area (TPSA) is 51.7 Å². The maximum Gasteiger partial charge on any atom is 0.330 e. The van der Waals surface area contributed by atoms with Crippen molar-refractivity contribution >= 4 is 22.6 Å². The van der Waals surface area contributed by atoms with E-state index in [2.05, 4.69) is 4.98 Å². The highest BCUT2D eigenvalue weighted by atomic mass is 16.5. The highest BCUT2D eigenvalue weighted by Crippen LogP contribution is 2.28. The van der Waals surface area contributed by atoms with Crippen LogP contribution in [0.25, 0.3) is 10.9 Å². The number of para-hydroxylation sites is 1. The predicted octanol–water partition coefficient (Wildman–Crippen LogP) is 1.61. The molecule has 0 bridgehead atoms. The summed E-state index contributed by atoms with van der Waals surface area (Å²) >= 11 is 0. The molecule has 20 heavy (non-hydrogen) atoms. The third-order valence-corrected chi connectivity index (χ3v) is 3.54. The van der Waals surface area contributed by atoms with Crippen LogP contribution in [0.2, 0.25) is 0 Å². The minimum Gasteiger partial charge on any atom is -0.467 e. The van der Waals surface area contributed by atoms with Crippen LogP contribution >= 0.6 is 0 Å². The van der Waals surface area contributed by atoms with Crippen LogP contribution in [0.4, 0.5) is 5.69 Å². The average Bonchev–Trinajstić information content (AvgIpc) is 2.53. The van der Waals surface area contributed by atoms with E-state index < -0.39 is 6.04 Å². The molecule has 0 amide bonds. The lowest BCUT2D eigenvalue weighted by atomic mass is 10.1. The van der Waals surface area contributed by atoms with E-state index in [-0.39, 0.29) is 5.97 Å². The number of nitrogens with zero attached hydrogens (tertiary/aromatic N) is 2. The van der Waals surface area contributed by atoms with E-state index in [9.17, 15) is 4.79 Å². The normalized spacial score (nSPS) is 19.1. The number of carbonyl (C=O) groups is 1. The number of esters is 1. The molecule has 1 aromatic carbocycles. The number of hydrogen-bond acceptors (Lipinski definition) is 5. The zero-order valence-corrected chi connectivity index (χ0v) is 11.3. The van der Waals surface area contributed by atoms with E-state index in [1.165, 1.54) is 7.11 Å². The van der Waals surface area contributed by atoms with E-state index in [4.69, 9.17) is 9.47 Å². The molecule has 0 N–H and O–H groups in total. The van der Waals surface area contributed by atoms with Crippen LogP contribution in [0, 0.1) is 0 Å². The monoisotopic (exact) mass is 272 g/mol. The molecule has 1 aromatic heterocycles. The molecule has 0 saturated carbocycles. The van der Waals surface area contributed by atoms with Crippen molar-refractivity contribution in [1.82, 2.24) is 4.98 Å². The zero-order chi connectivity index (χ0) is 13.9. The van der Waals surface area contributed by atoms with Gasteiger partial charge in [0.15, 0.2) is 6.04 Å². The fraction of sp³-hybridized carbons (Fsp3) is 0.333. The Labute approximate surface area is 117 Å². The zero-order valence-electron chi connectivity index (χ0n) is 11.3. The Morgan fingerprint density at radius 3 is 3.10 bits per heavy atom. The van der Waals surface area contributed by atoms with Crippen LogP contribution in [0.5, 0.6) is 0 Å². The minimum atomic E-state index is -0.403. The summed E-state index contributed by atoms with van der Waals surface area (Å²) in [4.78, 5) is 18.3. The van der Waals surface area contributed by atoms with Crippen molar-refractivity contribution in [3.63, 3.8) is 0 Å². The third-order valence-electron chi connectivity index (χ3n) is 3.54. The number of morpholine rings is 1. The number of hydrogen-bond donors (Lipinski definition) is 0. The molecule has 5 heteroatoms. The summed E-state index contributed by atoms with van der Waals surface area (Å²) in [5.74, 6) is -0.273. The Bertz CT molecular complexity index is 624. The summed E-state index contributed by atoms with van der Waals surface area (Å²) in [5.41, 5.74) is 1.91. The van der Waals surface area contributed by atoms with Crippen LogP contribution in [0.15, 0.2) is 36.5 Å². The van der Waals surface area contributed by atoms with Crippen molar-refractivity contribution in [1.29, 1.82) is 0 Å². The van der Waals surface area contributed by atoms with Crippen LogP contribution in [-0.4, -0.2) is 43.9 Å². The molecule has 0 spiro atoms. The second-order valence-electron chi connectivity index (χ2n) is 4.65. The van der Waals surface area contributed by atoms with Gasteiger partial charge in [0.25, 0.3) is 0 Å². The first-order valence-electron chi connectivity index (χ1n) is 6.57. The van der Waals surface area contributed by atoms with Gasteiger partial charge in [-0.15, -0.1) is 0 Å². The van der Waals surface area contributed by atoms with Gasteiger partial charge in [0, 0.05) is 23.8 Å². The van der Waals surface area contributed by atoms with Crippen LogP contribution in [0.1, 0.15) is 0 Å². The smallest absolute Gasteiger partial charge is 0.330 e. The number of aromatic nitrogens is 1. The fourth-order valence-corrected chi connectivity index (χ4v) is 2.55. The molecule has 0 radical (unpaired) electrons. The molecule has 1 fully saturated rings. The lowest BCUT2D eigenvalue weighted by Crippen LogP contribution is -2.50. The van der Waals surface area contributed by atoms with Gasteiger partial charge in [0.1, 0.15) is 0 Å². The summed E-state index contributed by atoms with van der Waals surface area (Å²) in [5, 5.41) is 1.03. The Balaban J connectivity index is 2.06. The van der Waals surface area contributed by atoms with Crippen molar-refractivity contribution < 1.29 is 14.3 Å². The van der Waals surface area contributed by atoms with Crippen molar-refractivity contribution in [2.75, 3.05) is 31.8 Å². The van der Waals surface area contributed by atoms with E-state index >= 15 is 0 Å². The molecular formula is C15H16N2O3. The van der Waals surface area contributed by atoms with Gasteiger partial charge in [-0.1, -0.05) is 18.2 Å². The molecule has 1 atom stereocenters. The molecule has 2 heterocycles.